The Morgan fingerprint density at radius 1 is 1.54 bits per heavy atom. The highest BCUT2D eigenvalue weighted by molar-refractivity contribution is 5.24. The molecular weight excluding hydrogens is 160 g/mol. The molecular formula is C11H16N2. The van der Waals surface area contributed by atoms with Crippen molar-refractivity contribution in [3.05, 3.63) is 29.6 Å². The summed E-state index contributed by atoms with van der Waals surface area (Å²) in [6.45, 7) is 2.96. The molecule has 1 fully saturated rings. The van der Waals surface area contributed by atoms with Crippen LogP contribution in [0.2, 0.25) is 0 Å². The number of hydrogen-bond acceptors (Lipinski definition) is 2. The first-order chi connectivity index (χ1) is 6.26. The number of nitrogens with two attached hydrogens (primary N) is 1. The third-order valence-electron chi connectivity index (χ3n) is 3.10. The lowest BCUT2D eigenvalue weighted by Crippen LogP contribution is -2.18. The molecule has 2 heteroatoms. The standard InChI is InChI=1S/C11H16N2/c1-9-2-5-13-7-10(9)6-11(8-12)3-4-11/h2,5,7H,3-4,6,8,12H2,1H3. The van der Waals surface area contributed by atoms with E-state index in [4.69, 9.17) is 5.73 Å². The van der Waals surface area contributed by atoms with E-state index in [0.29, 0.717) is 5.41 Å². The highest BCUT2D eigenvalue weighted by Gasteiger charge is 2.41. The zero-order valence-electron chi connectivity index (χ0n) is 8.09. The summed E-state index contributed by atoms with van der Waals surface area (Å²) in [4.78, 5) is 4.15. The molecule has 1 heterocycles. The lowest BCUT2D eigenvalue weighted by molar-refractivity contribution is 0.519. The average Bonchev–Trinajstić information content (AvgIpc) is 2.90. The van der Waals surface area contributed by atoms with E-state index in [1.807, 2.05) is 12.4 Å². The van der Waals surface area contributed by atoms with E-state index in [-0.39, 0.29) is 0 Å². The van der Waals surface area contributed by atoms with Gasteiger partial charge >= 0.3 is 0 Å². The van der Waals surface area contributed by atoms with E-state index in [2.05, 4.69) is 18.0 Å². The summed E-state index contributed by atoms with van der Waals surface area (Å²) in [6, 6.07) is 2.07. The van der Waals surface area contributed by atoms with Crippen LogP contribution in [-0.4, -0.2) is 11.5 Å². The number of rotatable bonds is 3. The number of pyridine rings is 1. The maximum absolute atomic E-state index is 5.75. The van der Waals surface area contributed by atoms with Crippen LogP contribution in [0.4, 0.5) is 0 Å². The van der Waals surface area contributed by atoms with Crippen molar-refractivity contribution in [1.82, 2.24) is 4.98 Å². The minimum Gasteiger partial charge on any atom is -0.330 e. The molecule has 0 unspecified atom stereocenters. The van der Waals surface area contributed by atoms with Crippen molar-refractivity contribution in [1.29, 1.82) is 0 Å². The Balaban J connectivity index is 2.14. The van der Waals surface area contributed by atoms with Gasteiger partial charge in [-0.15, -0.1) is 0 Å². The minimum atomic E-state index is 0.424. The maximum Gasteiger partial charge on any atom is 0.0302 e. The van der Waals surface area contributed by atoms with Gasteiger partial charge in [0.05, 0.1) is 0 Å². The molecule has 0 amide bonds. The molecule has 0 saturated heterocycles. The highest BCUT2D eigenvalue weighted by atomic mass is 14.7. The predicted octanol–water partition coefficient (Wildman–Crippen LogP) is 1.67. The highest BCUT2D eigenvalue weighted by Crippen LogP contribution is 2.47. The second kappa shape index (κ2) is 3.11. The van der Waals surface area contributed by atoms with Gasteiger partial charge in [-0.3, -0.25) is 4.98 Å². The van der Waals surface area contributed by atoms with E-state index in [1.165, 1.54) is 24.0 Å². The van der Waals surface area contributed by atoms with Crippen LogP contribution in [0.1, 0.15) is 24.0 Å². The summed E-state index contributed by atoms with van der Waals surface area (Å²) in [5, 5.41) is 0. The molecule has 2 rings (SSSR count). The molecule has 1 saturated carbocycles. The number of aryl methyl sites for hydroxylation is 1. The third kappa shape index (κ3) is 1.73. The molecule has 0 spiro atoms. The average molecular weight is 176 g/mol. The lowest BCUT2D eigenvalue weighted by atomic mass is 9.95. The Hall–Kier alpha value is -0.890. The molecule has 2 nitrogen and oxygen atoms in total. The summed E-state index contributed by atoms with van der Waals surface area (Å²) in [5.74, 6) is 0. The monoisotopic (exact) mass is 176 g/mol. The van der Waals surface area contributed by atoms with Crippen molar-refractivity contribution < 1.29 is 0 Å². The zero-order chi connectivity index (χ0) is 9.31. The van der Waals surface area contributed by atoms with Crippen molar-refractivity contribution >= 4 is 0 Å². The molecule has 70 valence electrons. The first-order valence-corrected chi connectivity index (χ1v) is 4.85. The molecule has 1 aromatic heterocycles. The molecule has 2 N–H and O–H groups in total. The summed E-state index contributed by atoms with van der Waals surface area (Å²) in [6.07, 6.45) is 7.52. The predicted molar refractivity (Wildman–Crippen MR) is 53.4 cm³/mol. The van der Waals surface area contributed by atoms with E-state index < -0.39 is 0 Å². The van der Waals surface area contributed by atoms with Crippen LogP contribution in [0.3, 0.4) is 0 Å². The maximum atomic E-state index is 5.75. The summed E-state index contributed by atoms with van der Waals surface area (Å²) in [7, 11) is 0. The Labute approximate surface area is 79.2 Å². The molecule has 1 aliphatic rings. The van der Waals surface area contributed by atoms with Gasteiger partial charge in [0.1, 0.15) is 0 Å². The fourth-order valence-corrected chi connectivity index (χ4v) is 1.72. The Morgan fingerprint density at radius 2 is 2.31 bits per heavy atom. The van der Waals surface area contributed by atoms with E-state index in [9.17, 15) is 0 Å². The molecule has 0 bridgehead atoms. The van der Waals surface area contributed by atoms with Gasteiger partial charge in [0.15, 0.2) is 0 Å². The second-order valence-electron chi connectivity index (χ2n) is 4.18. The van der Waals surface area contributed by atoms with Crippen LogP contribution in [0.15, 0.2) is 18.5 Å². The number of nitrogens with zero attached hydrogens (tertiary/aromatic N) is 1. The van der Waals surface area contributed by atoms with Crippen molar-refractivity contribution in [2.24, 2.45) is 11.1 Å². The van der Waals surface area contributed by atoms with Crippen molar-refractivity contribution in [2.45, 2.75) is 26.2 Å². The van der Waals surface area contributed by atoms with Gasteiger partial charge in [0, 0.05) is 12.4 Å². The van der Waals surface area contributed by atoms with Crippen molar-refractivity contribution in [3.8, 4) is 0 Å². The van der Waals surface area contributed by atoms with Crippen LogP contribution < -0.4 is 5.73 Å². The molecule has 13 heavy (non-hydrogen) atoms. The summed E-state index contributed by atoms with van der Waals surface area (Å²) < 4.78 is 0. The zero-order valence-corrected chi connectivity index (χ0v) is 8.09. The third-order valence-corrected chi connectivity index (χ3v) is 3.10. The number of aromatic nitrogens is 1. The van der Waals surface area contributed by atoms with Gasteiger partial charge in [-0.05, 0) is 55.3 Å². The van der Waals surface area contributed by atoms with Crippen LogP contribution >= 0.6 is 0 Å². The summed E-state index contributed by atoms with van der Waals surface area (Å²) >= 11 is 0. The molecule has 0 radical (unpaired) electrons. The first kappa shape index (κ1) is 8.70. The fourth-order valence-electron chi connectivity index (χ4n) is 1.72. The van der Waals surface area contributed by atoms with Gasteiger partial charge in [0.25, 0.3) is 0 Å². The Kier molecular flexibility index (Phi) is 2.08. The van der Waals surface area contributed by atoms with E-state index in [1.54, 1.807) is 0 Å². The normalized spacial score (nSPS) is 18.6. The van der Waals surface area contributed by atoms with Gasteiger partial charge < -0.3 is 5.73 Å². The number of hydrogen-bond donors (Lipinski definition) is 1. The van der Waals surface area contributed by atoms with Gasteiger partial charge in [-0.25, -0.2) is 0 Å². The van der Waals surface area contributed by atoms with Crippen LogP contribution in [0.5, 0.6) is 0 Å². The Bertz CT molecular complexity index is 303. The van der Waals surface area contributed by atoms with Crippen molar-refractivity contribution in [3.63, 3.8) is 0 Å². The summed E-state index contributed by atoms with van der Waals surface area (Å²) in [5.41, 5.74) is 8.88. The van der Waals surface area contributed by atoms with Gasteiger partial charge in [-0.1, -0.05) is 0 Å². The molecule has 0 atom stereocenters. The van der Waals surface area contributed by atoms with Crippen molar-refractivity contribution in [2.75, 3.05) is 6.54 Å². The van der Waals surface area contributed by atoms with Crippen LogP contribution in [-0.2, 0) is 6.42 Å². The Morgan fingerprint density at radius 3 is 2.85 bits per heavy atom. The van der Waals surface area contributed by atoms with E-state index >= 15 is 0 Å². The van der Waals surface area contributed by atoms with Gasteiger partial charge in [0.2, 0.25) is 0 Å². The fraction of sp³-hybridized carbons (Fsp3) is 0.545. The topological polar surface area (TPSA) is 38.9 Å². The molecule has 1 aliphatic carbocycles. The second-order valence-corrected chi connectivity index (χ2v) is 4.18. The van der Waals surface area contributed by atoms with Gasteiger partial charge in [-0.2, -0.15) is 0 Å². The minimum absolute atomic E-state index is 0.424. The van der Waals surface area contributed by atoms with Crippen LogP contribution in [0.25, 0.3) is 0 Å². The largest absolute Gasteiger partial charge is 0.330 e. The van der Waals surface area contributed by atoms with E-state index in [0.717, 1.165) is 13.0 Å². The molecule has 1 aromatic rings. The smallest absolute Gasteiger partial charge is 0.0302 e. The van der Waals surface area contributed by atoms with Crippen LogP contribution in [0, 0.1) is 12.3 Å². The quantitative estimate of drug-likeness (QED) is 0.761. The first-order valence-electron chi connectivity index (χ1n) is 4.85. The molecule has 0 aliphatic heterocycles. The molecule has 0 aromatic carbocycles. The lowest BCUT2D eigenvalue weighted by Gasteiger charge is -2.13. The SMILES string of the molecule is Cc1ccncc1CC1(CN)CC1.